The minimum atomic E-state index is -0.244. The zero-order chi connectivity index (χ0) is 15.4. The molecular weight excluding hydrogens is 288 g/mol. The molecule has 0 radical (unpaired) electrons. The van der Waals surface area contributed by atoms with Crippen LogP contribution in [-0.2, 0) is 4.79 Å². The molecule has 0 spiro atoms. The molecule has 0 bridgehead atoms. The molecule has 1 N–H and O–H groups in total. The topological polar surface area (TPSA) is 60.5 Å². The lowest BCUT2D eigenvalue weighted by Crippen LogP contribution is -2.20. The normalized spacial score (nSPS) is 10.3. The molecule has 6 heteroatoms. The monoisotopic (exact) mass is 306 g/mol. The van der Waals surface area contributed by atoms with E-state index in [0.29, 0.717) is 16.6 Å². The summed E-state index contributed by atoms with van der Waals surface area (Å²) in [7, 11) is 1.57. The smallest absolute Gasteiger partial charge is 0.264 e. The van der Waals surface area contributed by atoms with Gasteiger partial charge in [-0.15, -0.1) is 11.3 Å². The highest BCUT2D eigenvalue weighted by molar-refractivity contribution is 7.15. The van der Waals surface area contributed by atoms with Gasteiger partial charge in [0, 0.05) is 4.88 Å². The minimum absolute atomic E-state index is 0.0862. The number of ether oxygens (including phenoxy) is 2. The Morgan fingerprint density at radius 1 is 1.29 bits per heavy atom. The fraction of sp³-hybridized carbons (Fsp3) is 0.333. The molecule has 0 atom stereocenters. The van der Waals surface area contributed by atoms with Crippen LogP contribution in [0.15, 0.2) is 18.2 Å². The second-order valence-electron chi connectivity index (χ2n) is 4.65. The lowest BCUT2D eigenvalue weighted by molar-refractivity contribution is -0.118. The van der Waals surface area contributed by atoms with Gasteiger partial charge in [0.1, 0.15) is 0 Å². The second kappa shape index (κ2) is 6.58. The van der Waals surface area contributed by atoms with Crippen LogP contribution in [0.1, 0.15) is 16.1 Å². The molecule has 21 heavy (non-hydrogen) atoms. The Morgan fingerprint density at radius 2 is 2.05 bits per heavy atom. The maximum atomic E-state index is 11.9. The van der Waals surface area contributed by atoms with E-state index in [1.54, 1.807) is 13.2 Å². The molecule has 0 saturated carbocycles. The van der Waals surface area contributed by atoms with Crippen LogP contribution in [0.25, 0.3) is 0 Å². The van der Waals surface area contributed by atoms with Crippen LogP contribution < -0.4 is 14.8 Å². The van der Waals surface area contributed by atoms with E-state index in [9.17, 15) is 4.79 Å². The summed E-state index contributed by atoms with van der Waals surface area (Å²) in [6, 6.07) is 5.56. The highest BCUT2D eigenvalue weighted by Crippen LogP contribution is 2.27. The van der Waals surface area contributed by atoms with Crippen LogP contribution in [0, 0.1) is 20.8 Å². The van der Waals surface area contributed by atoms with Crippen molar-refractivity contribution in [2.24, 2.45) is 0 Å². The Hall–Kier alpha value is -2.08. The Balaban J connectivity index is 1.95. The Kier molecular flexibility index (Phi) is 4.80. The quantitative estimate of drug-likeness (QED) is 0.922. The molecule has 112 valence electrons. The van der Waals surface area contributed by atoms with E-state index in [-0.39, 0.29) is 12.5 Å². The number of nitrogens with zero attached hydrogens (tertiary/aromatic N) is 1. The minimum Gasteiger partial charge on any atom is -0.493 e. The molecule has 1 aromatic heterocycles. The van der Waals surface area contributed by atoms with Gasteiger partial charge in [-0.05, 0) is 38.5 Å². The van der Waals surface area contributed by atoms with Crippen molar-refractivity contribution in [2.75, 3.05) is 19.0 Å². The van der Waals surface area contributed by atoms with Gasteiger partial charge >= 0.3 is 0 Å². The van der Waals surface area contributed by atoms with Crippen molar-refractivity contribution in [3.63, 3.8) is 0 Å². The largest absolute Gasteiger partial charge is 0.493 e. The van der Waals surface area contributed by atoms with Gasteiger partial charge in [0.25, 0.3) is 5.91 Å². The Labute approximate surface area is 127 Å². The molecule has 1 aromatic carbocycles. The molecule has 0 aliphatic rings. The molecule has 1 heterocycles. The van der Waals surface area contributed by atoms with Gasteiger partial charge < -0.3 is 9.47 Å². The molecule has 2 aromatic rings. The molecule has 0 aliphatic heterocycles. The number of aryl methyl sites for hydroxylation is 3. The van der Waals surface area contributed by atoms with Crippen LogP contribution >= 0.6 is 11.3 Å². The van der Waals surface area contributed by atoms with Crippen LogP contribution in [-0.4, -0.2) is 24.6 Å². The zero-order valence-corrected chi connectivity index (χ0v) is 13.3. The summed E-state index contributed by atoms with van der Waals surface area (Å²) >= 11 is 1.45. The van der Waals surface area contributed by atoms with Crippen LogP contribution in [0.4, 0.5) is 5.13 Å². The zero-order valence-electron chi connectivity index (χ0n) is 12.5. The summed E-state index contributed by atoms with van der Waals surface area (Å²) in [5.41, 5.74) is 1.99. The summed E-state index contributed by atoms with van der Waals surface area (Å²) in [6.07, 6.45) is 0. The first-order chi connectivity index (χ1) is 9.99. The van der Waals surface area contributed by atoms with E-state index in [1.807, 2.05) is 32.9 Å². The predicted octanol–water partition coefficient (Wildman–Crippen LogP) is 3.09. The Bertz CT molecular complexity index is 633. The van der Waals surface area contributed by atoms with Crippen molar-refractivity contribution in [1.29, 1.82) is 0 Å². The summed E-state index contributed by atoms with van der Waals surface area (Å²) in [4.78, 5) is 17.2. The summed E-state index contributed by atoms with van der Waals surface area (Å²) < 4.78 is 10.7. The fourth-order valence-electron chi connectivity index (χ4n) is 1.72. The van der Waals surface area contributed by atoms with Crippen LogP contribution in [0.2, 0.25) is 0 Å². The van der Waals surface area contributed by atoms with Gasteiger partial charge in [-0.25, -0.2) is 4.98 Å². The maximum absolute atomic E-state index is 11.9. The maximum Gasteiger partial charge on any atom is 0.264 e. The highest BCUT2D eigenvalue weighted by Gasteiger charge is 2.10. The lowest BCUT2D eigenvalue weighted by atomic mass is 10.2. The number of carbonyl (C=O) groups is 1. The number of hydrogen-bond acceptors (Lipinski definition) is 5. The SMILES string of the molecule is COc1cc(C)ccc1OCC(=O)Nc1nc(C)c(C)s1. The van der Waals surface area contributed by atoms with Gasteiger partial charge in [0.05, 0.1) is 12.8 Å². The van der Waals surface area contributed by atoms with Crippen LogP contribution in [0.5, 0.6) is 11.5 Å². The number of methoxy groups -OCH3 is 1. The van der Waals surface area contributed by atoms with Crippen molar-refractivity contribution in [1.82, 2.24) is 4.98 Å². The average molecular weight is 306 g/mol. The van der Waals surface area contributed by atoms with Gasteiger partial charge in [-0.1, -0.05) is 6.07 Å². The number of benzene rings is 1. The third-order valence-electron chi connectivity index (χ3n) is 2.95. The summed E-state index contributed by atoms with van der Waals surface area (Å²) in [6.45, 7) is 5.76. The first kappa shape index (κ1) is 15.3. The molecule has 2 rings (SSSR count). The number of rotatable bonds is 5. The third-order valence-corrected chi connectivity index (χ3v) is 3.94. The number of nitrogens with one attached hydrogen (secondary N) is 1. The van der Waals surface area contributed by atoms with Crippen molar-refractivity contribution >= 4 is 22.4 Å². The number of amides is 1. The molecular formula is C15H18N2O3S. The molecule has 0 saturated heterocycles. The molecule has 0 fully saturated rings. The van der Waals surface area contributed by atoms with E-state index in [4.69, 9.17) is 9.47 Å². The predicted molar refractivity (Wildman–Crippen MR) is 83.4 cm³/mol. The van der Waals surface area contributed by atoms with Gasteiger partial charge in [-0.3, -0.25) is 10.1 Å². The van der Waals surface area contributed by atoms with Crippen LogP contribution in [0.3, 0.4) is 0 Å². The van der Waals surface area contributed by atoms with E-state index in [1.165, 1.54) is 11.3 Å². The molecule has 5 nitrogen and oxygen atoms in total. The molecule has 0 aliphatic carbocycles. The fourth-order valence-corrected chi connectivity index (χ4v) is 2.55. The Morgan fingerprint density at radius 3 is 2.67 bits per heavy atom. The first-order valence-corrected chi connectivity index (χ1v) is 7.32. The lowest BCUT2D eigenvalue weighted by Gasteiger charge is -2.10. The number of thiazole rings is 1. The van der Waals surface area contributed by atoms with Gasteiger partial charge in [0.15, 0.2) is 23.2 Å². The number of carbonyl (C=O) groups excluding carboxylic acids is 1. The van der Waals surface area contributed by atoms with E-state index in [0.717, 1.165) is 16.1 Å². The standard InChI is InChI=1S/C15H18N2O3S/c1-9-5-6-12(13(7-9)19-4)20-8-14(18)17-15-16-10(2)11(3)21-15/h5-7H,8H2,1-4H3,(H,16,17,18). The summed E-state index contributed by atoms with van der Waals surface area (Å²) in [5, 5.41) is 3.32. The first-order valence-electron chi connectivity index (χ1n) is 6.51. The van der Waals surface area contributed by atoms with E-state index >= 15 is 0 Å². The van der Waals surface area contributed by atoms with Crippen molar-refractivity contribution in [3.05, 3.63) is 34.3 Å². The third kappa shape index (κ3) is 3.95. The van der Waals surface area contributed by atoms with E-state index < -0.39 is 0 Å². The second-order valence-corrected chi connectivity index (χ2v) is 5.85. The highest BCUT2D eigenvalue weighted by atomic mass is 32.1. The number of hydrogen-bond donors (Lipinski definition) is 1. The van der Waals surface area contributed by atoms with Crippen molar-refractivity contribution in [2.45, 2.75) is 20.8 Å². The van der Waals surface area contributed by atoms with Crippen molar-refractivity contribution in [3.8, 4) is 11.5 Å². The number of aromatic nitrogens is 1. The van der Waals surface area contributed by atoms with Gasteiger partial charge in [-0.2, -0.15) is 0 Å². The average Bonchev–Trinajstić information content (AvgIpc) is 2.75. The van der Waals surface area contributed by atoms with Gasteiger partial charge in [0.2, 0.25) is 0 Å². The van der Waals surface area contributed by atoms with Crippen molar-refractivity contribution < 1.29 is 14.3 Å². The summed E-state index contributed by atoms with van der Waals surface area (Å²) in [5.74, 6) is 0.917. The molecule has 1 amide bonds. The van der Waals surface area contributed by atoms with E-state index in [2.05, 4.69) is 10.3 Å². The molecule has 0 unspecified atom stereocenters. The number of anilines is 1.